The van der Waals surface area contributed by atoms with E-state index in [1.807, 2.05) is 40.2 Å². The van der Waals surface area contributed by atoms with Crippen LogP contribution in [0, 0.1) is 0 Å². The van der Waals surface area contributed by atoms with Crippen LogP contribution in [0.25, 0.3) is 0 Å². The Bertz CT molecular complexity index is 917. The van der Waals surface area contributed by atoms with Crippen molar-refractivity contribution in [3.05, 3.63) is 36.5 Å². The maximum absolute atomic E-state index is 12.8. The minimum Gasteiger partial charge on any atom is -0.387 e. The van der Waals surface area contributed by atoms with E-state index >= 15 is 0 Å². The van der Waals surface area contributed by atoms with Crippen LogP contribution in [0.15, 0.2) is 36.5 Å². The average molecular weight is 728 g/mol. The van der Waals surface area contributed by atoms with E-state index in [4.69, 9.17) is 9.05 Å². The van der Waals surface area contributed by atoms with Crippen molar-refractivity contribution in [1.29, 1.82) is 0 Å². The van der Waals surface area contributed by atoms with E-state index < -0.39 is 20.0 Å². The largest absolute Gasteiger partial charge is 0.472 e. The fourth-order valence-electron chi connectivity index (χ4n) is 5.67. The number of carbonyl (C=O) groups is 1. The van der Waals surface area contributed by atoms with Gasteiger partial charge in [0.05, 0.1) is 39.9 Å². The van der Waals surface area contributed by atoms with E-state index in [1.54, 1.807) is 6.08 Å². The van der Waals surface area contributed by atoms with Crippen LogP contribution in [0.1, 0.15) is 168 Å². The van der Waals surface area contributed by atoms with Gasteiger partial charge >= 0.3 is 7.82 Å². The number of amides is 1. The van der Waals surface area contributed by atoms with E-state index in [-0.39, 0.29) is 19.1 Å². The summed E-state index contributed by atoms with van der Waals surface area (Å²) in [5, 5.41) is 13.7. The molecule has 0 aliphatic heterocycles. The number of hydrogen-bond donors (Lipinski definition) is 3. The molecule has 0 spiro atoms. The molecule has 8 nitrogen and oxygen atoms in total. The zero-order chi connectivity index (χ0) is 37.2. The lowest BCUT2D eigenvalue weighted by atomic mass is 10.0. The van der Waals surface area contributed by atoms with Gasteiger partial charge in [-0.05, 0) is 39.0 Å². The number of allylic oxidation sites excluding steroid dienone is 5. The zero-order valence-corrected chi connectivity index (χ0v) is 34.0. The summed E-state index contributed by atoms with van der Waals surface area (Å²) in [5.41, 5.74) is 0. The van der Waals surface area contributed by atoms with Crippen LogP contribution >= 0.6 is 7.82 Å². The van der Waals surface area contributed by atoms with Crippen LogP contribution in [0.5, 0.6) is 0 Å². The highest BCUT2D eigenvalue weighted by Crippen LogP contribution is 2.43. The summed E-state index contributed by atoms with van der Waals surface area (Å²) in [6.45, 7) is 4.54. The van der Waals surface area contributed by atoms with Crippen LogP contribution in [0.3, 0.4) is 0 Å². The minimum absolute atomic E-state index is 0.0540. The molecule has 0 fully saturated rings. The molecule has 3 N–H and O–H groups in total. The Balaban J connectivity index is 4.33. The fourth-order valence-corrected chi connectivity index (χ4v) is 6.40. The van der Waals surface area contributed by atoms with E-state index in [2.05, 4.69) is 30.5 Å². The number of quaternary nitrogens is 1. The maximum atomic E-state index is 12.8. The first-order valence-electron chi connectivity index (χ1n) is 20.3. The number of phosphoric acid groups is 1. The van der Waals surface area contributed by atoms with Gasteiger partial charge in [0.1, 0.15) is 13.2 Å². The molecule has 0 aliphatic rings. The lowest BCUT2D eigenvalue weighted by Crippen LogP contribution is -2.45. The lowest BCUT2D eigenvalue weighted by molar-refractivity contribution is -0.870. The van der Waals surface area contributed by atoms with Crippen molar-refractivity contribution < 1.29 is 32.9 Å². The molecule has 0 heterocycles. The van der Waals surface area contributed by atoms with Gasteiger partial charge in [0.2, 0.25) is 5.91 Å². The quantitative estimate of drug-likeness (QED) is 0.0257. The van der Waals surface area contributed by atoms with Gasteiger partial charge in [0.25, 0.3) is 0 Å². The average Bonchev–Trinajstić information content (AvgIpc) is 3.06. The van der Waals surface area contributed by atoms with Gasteiger partial charge in [-0.1, -0.05) is 159 Å². The van der Waals surface area contributed by atoms with Gasteiger partial charge < -0.3 is 19.8 Å². The van der Waals surface area contributed by atoms with Crippen LogP contribution in [0.2, 0.25) is 0 Å². The topological polar surface area (TPSA) is 105 Å². The van der Waals surface area contributed by atoms with Gasteiger partial charge in [0, 0.05) is 6.42 Å². The van der Waals surface area contributed by atoms with E-state index in [0.717, 1.165) is 44.9 Å². The molecule has 0 aromatic carbocycles. The second kappa shape index (κ2) is 33.5. The molecule has 0 aromatic rings. The molecule has 0 aliphatic carbocycles. The van der Waals surface area contributed by atoms with Crippen molar-refractivity contribution in [3.8, 4) is 0 Å². The first-order chi connectivity index (χ1) is 24.0. The number of rotatable bonds is 36. The van der Waals surface area contributed by atoms with E-state index in [9.17, 15) is 19.4 Å². The van der Waals surface area contributed by atoms with Crippen molar-refractivity contribution >= 4 is 13.7 Å². The molecule has 0 rings (SSSR count). The first-order valence-corrected chi connectivity index (χ1v) is 21.8. The Morgan fingerprint density at radius 1 is 0.700 bits per heavy atom. The van der Waals surface area contributed by atoms with Crippen LogP contribution in [-0.2, 0) is 18.4 Å². The molecule has 294 valence electrons. The summed E-state index contributed by atoms with van der Waals surface area (Å²) in [5.74, 6) is -0.194. The molecule has 0 saturated heterocycles. The number of nitrogens with zero attached hydrogens (tertiary/aromatic N) is 1. The maximum Gasteiger partial charge on any atom is 0.472 e. The Morgan fingerprint density at radius 3 is 1.60 bits per heavy atom. The van der Waals surface area contributed by atoms with Crippen molar-refractivity contribution in [2.75, 3.05) is 40.9 Å². The number of aliphatic hydroxyl groups is 1. The summed E-state index contributed by atoms with van der Waals surface area (Å²) in [7, 11) is 1.54. The number of nitrogens with one attached hydrogen (secondary N) is 1. The number of likely N-dealkylation sites (N-methyl/N-ethyl adjacent to an activating group) is 1. The predicted octanol–water partition coefficient (Wildman–Crippen LogP) is 10.7. The second-order valence-corrected chi connectivity index (χ2v) is 16.5. The molecular formula is C41H80N2O6P+. The molecule has 50 heavy (non-hydrogen) atoms. The molecule has 3 atom stereocenters. The van der Waals surface area contributed by atoms with Crippen molar-refractivity contribution in [3.63, 3.8) is 0 Å². The van der Waals surface area contributed by atoms with Gasteiger partial charge in [-0.3, -0.25) is 13.8 Å². The Labute approximate surface area is 308 Å². The van der Waals surface area contributed by atoms with Crippen LogP contribution < -0.4 is 5.32 Å². The van der Waals surface area contributed by atoms with Gasteiger partial charge in [0.15, 0.2) is 0 Å². The van der Waals surface area contributed by atoms with Crippen molar-refractivity contribution in [2.45, 2.75) is 180 Å². The van der Waals surface area contributed by atoms with Gasteiger partial charge in [-0.25, -0.2) is 4.57 Å². The number of hydrogen-bond acceptors (Lipinski definition) is 5. The van der Waals surface area contributed by atoms with Crippen molar-refractivity contribution in [1.82, 2.24) is 5.32 Å². The fraction of sp³-hybridized carbons (Fsp3) is 0.829. The number of aliphatic hydroxyl groups excluding tert-OH is 1. The summed E-state index contributed by atoms with van der Waals surface area (Å²) in [6, 6.07) is -0.863. The predicted molar refractivity (Wildman–Crippen MR) is 212 cm³/mol. The number of phosphoric ester groups is 1. The molecule has 0 bridgehead atoms. The Morgan fingerprint density at radius 2 is 1.14 bits per heavy atom. The monoisotopic (exact) mass is 728 g/mol. The normalized spacial score (nSPS) is 14.9. The second-order valence-electron chi connectivity index (χ2n) is 15.0. The van der Waals surface area contributed by atoms with Gasteiger partial charge in [-0.15, -0.1) is 0 Å². The van der Waals surface area contributed by atoms with Crippen molar-refractivity contribution in [2.24, 2.45) is 0 Å². The Hall–Kier alpha value is -1.28. The first kappa shape index (κ1) is 48.7. The third-order valence-electron chi connectivity index (χ3n) is 8.94. The molecule has 9 heteroatoms. The highest BCUT2D eigenvalue weighted by atomic mass is 31.2. The van der Waals surface area contributed by atoms with Gasteiger partial charge in [-0.2, -0.15) is 0 Å². The zero-order valence-electron chi connectivity index (χ0n) is 33.1. The van der Waals surface area contributed by atoms with E-state index in [0.29, 0.717) is 17.4 Å². The molecule has 1 amide bonds. The third-order valence-corrected chi connectivity index (χ3v) is 9.92. The summed E-state index contributed by atoms with van der Waals surface area (Å²) in [4.78, 5) is 23.0. The van der Waals surface area contributed by atoms with E-state index in [1.165, 1.54) is 103 Å². The highest BCUT2D eigenvalue weighted by Gasteiger charge is 2.27. The molecular weight excluding hydrogens is 647 g/mol. The molecule has 3 unspecified atom stereocenters. The Kier molecular flexibility index (Phi) is 32.7. The van der Waals surface area contributed by atoms with Crippen LogP contribution in [0.4, 0.5) is 0 Å². The smallest absolute Gasteiger partial charge is 0.387 e. The number of unbranched alkanes of at least 4 members (excludes halogenated alkanes) is 20. The number of carbonyl (C=O) groups excluding carboxylic acids is 1. The summed E-state index contributed by atoms with van der Waals surface area (Å²) >= 11 is 0. The molecule has 0 saturated carbocycles. The van der Waals surface area contributed by atoms with Crippen LogP contribution in [-0.4, -0.2) is 73.4 Å². The lowest BCUT2D eigenvalue weighted by Gasteiger charge is -2.25. The molecule has 0 aromatic heterocycles. The standard InChI is InChI=1S/C41H79N2O6P/c1-6-8-10-12-14-16-17-18-19-20-21-22-23-24-25-27-29-31-33-35-41(45)42-39(38-49-50(46,47)48-37-36-43(3,4)5)40(44)34-32-30-28-26-15-13-11-9-7-2/h7,9,15,26,32,34,39-40,44H,6,8,10-14,16-25,27-31,33,35-38H2,1-5H3,(H-,42,45,46,47)/p+1/b9-7+,26-15+,34-32+. The third kappa shape index (κ3) is 35.1. The molecule has 0 radical (unpaired) electrons. The summed E-state index contributed by atoms with van der Waals surface area (Å²) in [6.07, 6.45) is 39.6. The highest BCUT2D eigenvalue weighted by molar-refractivity contribution is 7.47. The minimum atomic E-state index is -4.34. The summed E-state index contributed by atoms with van der Waals surface area (Å²) < 4.78 is 23.4. The SMILES string of the molecule is C/C=C/CC/C=C/CC/C=C/C(O)C(COP(=O)(O)OCC[N+](C)(C)C)NC(=O)CCCCCCCCCCCCCCCCCCCCC.